The largest absolute Gasteiger partial charge is 0.286 e. The summed E-state index contributed by atoms with van der Waals surface area (Å²) >= 11 is 1.01. The van der Waals surface area contributed by atoms with Gasteiger partial charge in [0.2, 0.25) is 0 Å². The summed E-state index contributed by atoms with van der Waals surface area (Å²) in [7, 11) is -3.87. The van der Waals surface area contributed by atoms with Crippen LogP contribution in [0.25, 0.3) is 16.8 Å². The monoisotopic (exact) mass is 394 g/mol. The first kappa shape index (κ1) is 17.5. The highest BCUT2D eigenvalue weighted by atomic mass is 32.2. The third kappa shape index (κ3) is 3.65. The summed E-state index contributed by atoms with van der Waals surface area (Å²) in [6.45, 7) is 0. The molecule has 3 aromatic carbocycles. The van der Waals surface area contributed by atoms with E-state index in [0.29, 0.717) is 10.3 Å². The molecule has 0 bridgehead atoms. The van der Waals surface area contributed by atoms with Crippen molar-refractivity contribution >= 4 is 49.7 Å². The van der Waals surface area contributed by atoms with Crippen LogP contribution < -0.4 is 4.72 Å². The maximum absolute atomic E-state index is 12.8. The van der Waals surface area contributed by atoms with E-state index in [9.17, 15) is 13.2 Å². The van der Waals surface area contributed by atoms with Gasteiger partial charge in [0.15, 0.2) is 5.17 Å². The minimum absolute atomic E-state index is 0.0510. The van der Waals surface area contributed by atoms with Crippen molar-refractivity contribution in [2.45, 2.75) is 4.90 Å². The lowest BCUT2D eigenvalue weighted by molar-refractivity contribution is -0.113. The second kappa shape index (κ2) is 7.02. The van der Waals surface area contributed by atoms with Crippen LogP contribution in [0.4, 0.5) is 0 Å². The number of aliphatic imine (C=N–C) groups is 1. The topological polar surface area (TPSA) is 75.6 Å². The standard InChI is InChI=1S/C20H14N2O3S2/c23-19-17(13-14-7-2-1-3-8-14)26-20(21-19)22-27(24,25)18-12-6-10-15-9-4-5-11-16(15)18/h1-13H,(H,21,22,23)/b17-13-. The lowest BCUT2D eigenvalue weighted by Crippen LogP contribution is -2.27. The Kier molecular flexibility index (Phi) is 4.55. The Morgan fingerprint density at radius 3 is 2.41 bits per heavy atom. The second-order valence-corrected chi connectivity index (χ2v) is 8.51. The van der Waals surface area contributed by atoms with Gasteiger partial charge in [0.1, 0.15) is 0 Å². The van der Waals surface area contributed by atoms with Gasteiger partial charge in [-0.15, -0.1) is 0 Å². The molecule has 27 heavy (non-hydrogen) atoms. The van der Waals surface area contributed by atoms with Crippen molar-refractivity contribution < 1.29 is 13.2 Å². The summed E-state index contributed by atoms with van der Waals surface area (Å²) < 4.78 is 28.1. The number of benzene rings is 3. The number of hydrogen-bond acceptors (Lipinski definition) is 4. The fourth-order valence-corrected chi connectivity index (χ4v) is 5.03. The molecule has 7 heteroatoms. The number of amidine groups is 1. The van der Waals surface area contributed by atoms with Gasteiger partial charge >= 0.3 is 0 Å². The van der Waals surface area contributed by atoms with Crippen LogP contribution in [0, 0.1) is 0 Å². The Morgan fingerprint density at radius 1 is 0.889 bits per heavy atom. The highest BCUT2D eigenvalue weighted by molar-refractivity contribution is 8.19. The number of amides is 1. The average Bonchev–Trinajstić information content (AvgIpc) is 3.00. The van der Waals surface area contributed by atoms with E-state index in [1.807, 2.05) is 48.5 Å². The van der Waals surface area contributed by atoms with Crippen molar-refractivity contribution in [3.05, 3.63) is 83.3 Å². The molecule has 0 fully saturated rings. The highest BCUT2D eigenvalue weighted by Crippen LogP contribution is 2.29. The lowest BCUT2D eigenvalue weighted by atomic mass is 10.1. The molecule has 0 unspecified atom stereocenters. The first-order valence-corrected chi connectivity index (χ1v) is 10.4. The number of carbonyl (C=O) groups is 1. The zero-order valence-corrected chi connectivity index (χ0v) is 15.6. The third-order valence-electron chi connectivity index (χ3n) is 3.98. The van der Waals surface area contributed by atoms with Gasteiger partial charge < -0.3 is 0 Å². The summed E-state index contributed by atoms with van der Waals surface area (Å²) in [5.41, 5.74) is 0.849. The number of thioether (sulfide) groups is 1. The predicted octanol–water partition coefficient (Wildman–Crippen LogP) is 3.79. The van der Waals surface area contributed by atoms with Crippen molar-refractivity contribution in [1.82, 2.24) is 4.72 Å². The van der Waals surface area contributed by atoms with Gasteiger partial charge in [-0.1, -0.05) is 66.7 Å². The zero-order chi connectivity index (χ0) is 18.9. The summed E-state index contributed by atoms with van der Waals surface area (Å²) in [6.07, 6.45) is 1.69. The van der Waals surface area contributed by atoms with Crippen LogP contribution in [0.1, 0.15) is 5.56 Å². The number of sulfonamides is 1. The maximum atomic E-state index is 12.8. The van der Waals surface area contributed by atoms with Gasteiger partial charge in [0, 0.05) is 5.39 Å². The Labute approximate surface area is 160 Å². The molecule has 1 amide bonds. The minimum atomic E-state index is -3.87. The summed E-state index contributed by atoms with van der Waals surface area (Å²) in [5.74, 6) is -0.459. The molecule has 0 saturated carbocycles. The lowest BCUT2D eigenvalue weighted by Gasteiger charge is -2.09. The van der Waals surface area contributed by atoms with E-state index in [1.54, 1.807) is 24.3 Å². The number of fused-ring (bicyclic) bond motifs is 1. The molecule has 3 aromatic rings. The number of nitrogens with zero attached hydrogens (tertiary/aromatic N) is 1. The maximum Gasteiger partial charge on any atom is 0.286 e. The summed E-state index contributed by atoms with van der Waals surface area (Å²) in [4.78, 5) is 16.5. The normalized spacial score (nSPS) is 15.9. The van der Waals surface area contributed by atoms with Crippen LogP contribution in [0.15, 0.2) is 87.6 Å². The molecule has 5 nitrogen and oxygen atoms in total. The number of rotatable bonds is 3. The van der Waals surface area contributed by atoms with E-state index in [1.165, 1.54) is 6.07 Å². The van der Waals surface area contributed by atoms with Gasteiger partial charge in [-0.05, 0) is 34.9 Å². The molecule has 0 aromatic heterocycles. The molecule has 1 aliphatic heterocycles. The zero-order valence-electron chi connectivity index (χ0n) is 14.0. The van der Waals surface area contributed by atoms with Crippen LogP contribution in [-0.2, 0) is 14.8 Å². The molecule has 134 valence electrons. The van der Waals surface area contributed by atoms with Gasteiger partial charge in [-0.3, -0.25) is 9.52 Å². The van der Waals surface area contributed by atoms with E-state index in [2.05, 4.69) is 9.71 Å². The molecule has 0 atom stereocenters. The molecule has 0 aliphatic carbocycles. The quantitative estimate of drug-likeness (QED) is 0.686. The third-order valence-corrected chi connectivity index (χ3v) is 6.40. The van der Waals surface area contributed by atoms with Crippen molar-refractivity contribution in [2.24, 2.45) is 4.99 Å². The molecule has 0 saturated heterocycles. The second-order valence-electron chi connectivity index (χ2n) is 5.83. The van der Waals surface area contributed by atoms with E-state index < -0.39 is 15.9 Å². The Bertz CT molecular complexity index is 1190. The summed E-state index contributed by atoms with van der Waals surface area (Å²) in [6, 6.07) is 21.6. The fraction of sp³-hybridized carbons (Fsp3) is 0. The van der Waals surface area contributed by atoms with Crippen molar-refractivity contribution in [3.8, 4) is 0 Å². The minimum Gasteiger partial charge on any atom is -0.266 e. The Morgan fingerprint density at radius 2 is 1.59 bits per heavy atom. The molecule has 1 heterocycles. The molecular formula is C20H14N2O3S2. The number of hydrogen-bond donors (Lipinski definition) is 1. The van der Waals surface area contributed by atoms with Crippen molar-refractivity contribution in [3.63, 3.8) is 0 Å². The van der Waals surface area contributed by atoms with Crippen molar-refractivity contribution in [2.75, 3.05) is 0 Å². The Balaban J connectivity index is 1.61. The molecule has 0 radical (unpaired) electrons. The number of carbonyl (C=O) groups excluding carboxylic acids is 1. The fourth-order valence-electron chi connectivity index (χ4n) is 2.75. The van der Waals surface area contributed by atoms with E-state index in [-0.39, 0.29) is 10.1 Å². The van der Waals surface area contributed by atoms with E-state index in [0.717, 1.165) is 22.7 Å². The van der Waals surface area contributed by atoms with Crippen LogP contribution in [0.2, 0.25) is 0 Å². The first-order chi connectivity index (χ1) is 13.0. The smallest absolute Gasteiger partial charge is 0.266 e. The molecule has 1 aliphatic rings. The van der Waals surface area contributed by atoms with E-state index >= 15 is 0 Å². The Hall–Kier alpha value is -2.90. The van der Waals surface area contributed by atoms with Gasteiger partial charge in [0.05, 0.1) is 9.80 Å². The average molecular weight is 394 g/mol. The summed E-state index contributed by atoms with van der Waals surface area (Å²) in [5, 5.41) is 1.49. The van der Waals surface area contributed by atoms with Crippen LogP contribution in [0.3, 0.4) is 0 Å². The van der Waals surface area contributed by atoms with E-state index in [4.69, 9.17) is 0 Å². The molecule has 0 spiro atoms. The van der Waals surface area contributed by atoms with Gasteiger partial charge in [0.25, 0.3) is 15.9 Å². The predicted molar refractivity (Wildman–Crippen MR) is 109 cm³/mol. The van der Waals surface area contributed by atoms with Gasteiger partial charge in [-0.2, -0.15) is 4.99 Å². The molecular weight excluding hydrogens is 380 g/mol. The van der Waals surface area contributed by atoms with Crippen LogP contribution in [0.5, 0.6) is 0 Å². The first-order valence-electron chi connectivity index (χ1n) is 8.11. The van der Waals surface area contributed by atoms with Crippen LogP contribution >= 0.6 is 11.8 Å². The number of nitrogens with one attached hydrogen (secondary N) is 1. The van der Waals surface area contributed by atoms with Gasteiger partial charge in [-0.25, -0.2) is 8.42 Å². The van der Waals surface area contributed by atoms with Crippen molar-refractivity contribution in [1.29, 1.82) is 0 Å². The van der Waals surface area contributed by atoms with Crippen LogP contribution in [-0.4, -0.2) is 19.5 Å². The SMILES string of the molecule is O=C1N=C(NS(=O)(=O)c2cccc3ccccc23)S/C1=C\c1ccccc1. The highest BCUT2D eigenvalue weighted by Gasteiger charge is 2.27. The molecule has 1 N–H and O–H groups in total. The molecule has 4 rings (SSSR count).